The lowest BCUT2D eigenvalue weighted by molar-refractivity contribution is -0.113. The number of carbonyl (C=O) groups excluding carboxylic acids is 1. The first-order valence-electron chi connectivity index (χ1n) is 7.75. The maximum atomic E-state index is 12.4. The second-order valence-corrected chi connectivity index (χ2v) is 6.75. The van der Waals surface area contributed by atoms with Crippen molar-refractivity contribution in [3.63, 3.8) is 0 Å². The Balaban J connectivity index is 1.65. The van der Waals surface area contributed by atoms with Gasteiger partial charge >= 0.3 is 0 Å². The SMILES string of the molecule is NC1=C(c2nc3ccccc3s2)C(=O)CN1/N=C\c1ccc(O)c(O)c1. The van der Waals surface area contributed by atoms with Gasteiger partial charge in [0.1, 0.15) is 17.4 Å². The fourth-order valence-corrected chi connectivity index (χ4v) is 3.68. The fourth-order valence-electron chi connectivity index (χ4n) is 2.64. The van der Waals surface area contributed by atoms with E-state index in [-0.39, 0.29) is 29.6 Å². The van der Waals surface area contributed by atoms with Gasteiger partial charge in [0.05, 0.1) is 22.0 Å². The summed E-state index contributed by atoms with van der Waals surface area (Å²) in [6.07, 6.45) is 1.46. The number of nitrogens with zero attached hydrogens (tertiary/aromatic N) is 3. The number of thiazole rings is 1. The maximum absolute atomic E-state index is 12.4. The highest BCUT2D eigenvalue weighted by atomic mass is 32.1. The quantitative estimate of drug-likeness (QED) is 0.484. The van der Waals surface area contributed by atoms with Crippen LogP contribution < -0.4 is 5.73 Å². The summed E-state index contributed by atoms with van der Waals surface area (Å²) in [6, 6.07) is 12.0. The molecule has 26 heavy (non-hydrogen) atoms. The average Bonchev–Trinajstić information content (AvgIpc) is 3.16. The van der Waals surface area contributed by atoms with Crippen molar-refractivity contribution in [3.8, 4) is 11.5 Å². The van der Waals surface area contributed by atoms with Gasteiger partial charge in [0, 0.05) is 0 Å². The molecule has 1 aliphatic heterocycles. The van der Waals surface area contributed by atoms with Crippen LogP contribution in [0.25, 0.3) is 15.8 Å². The molecule has 2 aromatic carbocycles. The van der Waals surface area contributed by atoms with Gasteiger partial charge in [-0.1, -0.05) is 12.1 Å². The first-order valence-corrected chi connectivity index (χ1v) is 8.57. The number of hydrogen-bond acceptors (Lipinski definition) is 8. The summed E-state index contributed by atoms with van der Waals surface area (Å²) < 4.78 is 0.983. The van der Waals surface area contributed by atoms with Crippen LogP contribution in [-0.2, 0) is 4.79 Å². The topological polar surface area (TPSA) is 112 Å². The van der Waals surface area contributed by atoms with Crippen LogP contribution in [0.15, 0.2) is 53.4 Å². The standard InChI is InChI=1S/C18H14N4O3S/c19-17-16(18-21-11-3-1-2-4-15(11)26-18)14(25)9-22(17)20-8-10-5-6-12(23)13(24)7-10/h1-8,23-24H,9,19H2/b20-8-. The normalized spacial score (nSPS) is 14.9. The number of aromatic hydroxyl groups is 2. The molecule has 7 nitrogen and oxygen atoms in total. The number of phenols is 2. The lowest BCUT2D eigenvalue weighted by Gasteiger charge is -2.11. The predicted molar refractivity (Wildman–Crippen MR) is 99.8 cm³/mol. The molecular weight excluding hydrogens is 352 g/mol. The van der Waals surface area contributed by atoms with Crippen molar-refractivity contribution >= 4 is 39.1 Å². The van der Waals surface area contributed by atoms with Crippen molar-refractivity contribution in [2.75, 3.05) is 6.54 Å². The van der Waals surface area contributed by atoms with Gasteiger partial charge in [-0.05, 0) is 35.9 Å². The van der Waals surface area contributed by atoms with E-state index in [9.17, 15) is 15.0 Å². The van der Waals surface area contributed by atoms with E-state index in [0.29, 0.717) is 16.1 Å². The largest absolute Gasteiger partial charge is 0.504 e. The van der Waals surface area contributed by atoms with Crippen LogP contribution in [0.4, 0.5) is 0 Å². The van der Waals surface area contributed by atoms with E-state index < -0.39 is 0 Å². The molecule has 3 aromatic rings. The van der Waals surface area contributed by atoms with Crippen molar-refractivity contribution < 1.29 is 15.0 Å². The number of rotatable bonds is 3. The number of ketones is 1. The Morgan fingerprint density at radius 3 is 2.77 bits per heavy atom. The summed E-state index contributed by atoms with van der Waals surface area (Å²) in [5, 5.41) is 25.1. The zero-order valence-electron chi connectivity index (χ0n) is 13.5. The predicted octanol–water partition coefficient (Wildman–Crippen LogP) is 2.25. The van der Waals surface area contributed by atoms with Gasteiger partial charge in [-0.25, -0.2) is 9.99 Å². The van der Waals surface area contributed by atoms with Gasteiger partial charge < -0.3 is 15.9 Å². The van der Waals surface area contributed by atoms with E-state index in [1.165, 1.54) is 34.7 Å². The molecule has 130 valence electrons. The minimum atomic E-state index is -0.245. The highest BCUT2D eigenvalue weighted by Crippen LogP contribution is 2.32. The van der Waals surface area contributed by atoms with E-state index in [1.807, 2.05) is 24.3 Å². The molecule has 0 saturated carbocycles. The third-order valence-electron chi connectivity index (χ3n) is 3.96. The first kappa shape index (κ1) is 16.1. The molecule has 0 fully saturated rings. The molecular formula is C18H14N4O3S. The first-order chi connectivity index (χ1) is 12.5. The Hall–Kier alpha value is -3.39. The molecule has 0 spiro atoms. The third-order valence-corrected chi connectivity index (χ3v) is 5.01. The Kier molecular flexibility index (Phi) is 3.81. The second-order valence-electron chi connectivity index (χ2n) is 5.72. The summed E-state index contributed by atoms with van der Waals surface area (Å²) >= 11 is 1.41. The molecule has 2 heterocycles. The highest BCUT2D eigenvalue weighted by molar-refractivity contribution is 7.19. The number of benzene rings is 2. The van der Waals surface area contributed by atoms with Gasteiger partial charge in [-0.15, -0.1) is 11.3 Å². The lowest BCUT2D eigenvalue weighted by Crippen LogP contribution is -2.20. The summed E-state index contributed by atoms with van der Waals surface area (Å²) in [5.41, 5.74) is 7.89. The van der Waals surface area contributed by atoms with E-state index in [0.717, 1.165) is 10.2 Å². The van der Waals surface area contributed by atoms with Crippen molar-refractivity contribution in [1.82, 2.24) is 9.99 Å². The number of hydrazone groups is 1. The average molecular weight is 366 g/mol. The lowest BCUT2D eigenvalue weighted by atomic mass is 10.2. The molecule has 8 heteroatoms. The number of phenolic OH excluding ortho intramolecular Hbond substituents is 2. The summed E-state index contributed by atoms with van der Waals surface area (Å²) in [7, 11) is 0. The Morgan fingerprint density at radius 1 is 1.19 bits per heavy atom. The van der Waals surface area contributed by atoms with Gasteiger partial charge in [-0.3, -0.25) is 4.79 Å². The molecule has 0 unspecified atom stereocenters. The van der Waals surface area contributed by atoms with Crippen LogP contribution in [-0.4, -0.2) is 38.7 Å². The van der Waals surface area contributed by atoms with Crippen LogP contribution in [0.2, 0.25) is 0 Å². The number of para-hydroxylation sites is 1. The number of Topliss-reactive ketones (excluding diaryl/α,β-unsaturated/α-hetero) is 1. The van der Waals surface area contributed by atoms with Crippen molar-refractivity contribution in [3.05, 3.63) is 58.9 Å². The molecule has 1 aromatic heterocycles. The molecule has 0 saturated heterocycles. The molecule has 4 N–H and O–H groups in total. The Bertz CT molecular complexity index is 1050. The van der Waals surface area contributed by atoms with Crippen LogP contribution in [0.1, 0.15) is 10.6 Å². The van der Waals surface area contributed by atoms with Crippen molar-refractivity contribution in [2.24, 2.45) is 10.8 Å². The van der Waals surface area contributed by atoms with Gasteiger partial charge in [-0.2, -0.15) is 5.10 Å². The highest BCUT2D eigenvalue weighted by Gasteiger charge is 2.31. The zero-order chi connectivity index (χ0) is 18.3. The van der Waals surface area contributed by atoms with Gasteiger partial charge in [0.15, 0.2) is 17.3 Å². The number of nitrogens with two attached hydrogens (primary N) is 1. The number of carbonyl (C=O) groups is 1. The molecule has 4 rings (SSSR count). The third kappa shape index (κ3) is 2.76. The number of hydrogen-bond donors (Lipinski definition) is 3. The summed E-state index contributed by atoms with van der Waals surface area (Å²) in [6.45, 7) is 0.0255. The van der Waals surface area contributed by atoms with Crippen molar-refractivity contribution in [2.45, 2.75) is 0 Å². The van der Waals surface area contributed by atoms with Gasteiger partial charge in [0.2, 0.25) is 0 Å². The molecule has 0 amide bonds. The smallest absolute Gasteiger partial charge is 0.191 e. The Labute approximate surface area is 152 Å². The van der Waals surface area contributed by atoms with Crippen LogP contribution in [0, 0.1) is 0 Å². The van der Waals surface area contributed by atoms with Crippen LogP contribution in [0.5, 0.6) is 11.5 Å². The minimum Gasteiger partial charge on any atom is -0.504 e. The number of fused-ring (bicyclic) bond motifs is 1. The van der Waals surface area contributed by atoms with Gasteiger partial charge in [0.25, 0.3) is 0 Å². The molecule has 0 bridgehead atoms. The van der Waals surface area contributed by atoms with E-state index in [2.05, 4.69) is 10.1 Å². The monoisotopic (exact) mass is 366 g/mol. The van der Waals surface area contributed by atoms with Crippen molar-refractivity contribution in [1.29, 1.82) is 0 Å². The Morgan fingerprint density at radius 2 is 2.00 bits per heavy atom. The van der Waals surface area contributed by atoms with E-state index >= 15 is 0 Å². The molecule has 0 radical (unpaired) electrons. The van der Waals surface area contributed by atoms with Crippen LogP contribution >= 0.6 is 11.3 Å². The van der Waals surface area contributed by atoms with Crippen LogP contribution in [0.3, 0.4) is 0 Å². The summed E-state index contributed by atoms with van der Waals surface area (Å²) in [4.78, 5) is 16.9. The molecule has 0 aliphatic carbocycles. The summed E-state index contributed by atoms with van der Waals surface area (Å²) in [5.74, 6) is -0.360. The maximum Gasteiger partial charge on any atom is 0.191 e. The van der Waals surface area contributed by atoms with E-state index in [1.54, 1.807) is 6.07 Å². The molecule has 1 aliphatic rings. The second kappa shape index (κ2) is 6.16. The number of aromatic nitrogens is 1. The zero-order valence-corrected chi connectivity index (χ0v) is 14.3. The minimum absolute atomic E-state index is 0.0255. The van der Waals surface area contributed by atoms with E-state index in [4.69, 9.17) is 5.73 Å². The fraction of sp³-hybridized carbons (Fsp3) is 0.0556. The molecule has 0 atom stereocenters.